The Hall–Kier alpha value is -1.53. The van der Waals surface area contributed by atoms with E-state index in [2.05, 4.69) is 73.5 Å². The first-order valence-electron chi connectivity index (χ1n) is 10.9. The minimum Gasteiger partial charge on any atom is -0.299 e. The maximum absolute atomic E-state index is 7.32. The quantitative estimate of drug-likeness (QED) is 0.423. The molecule has 0 saturated heterocycles. The normalized spacial score (nSPS) is 22.0. The average Bonchev–Trinajstić information content (AvgIpc) is 2.74. The number of hydrogen-bond donors (Lipinski definition) is 0. The molecule has 4 heteroatoms. The summed E-state index contributed by atoms with van der Waals surface area (Å²) in [4.78, 5) is 2.43. The van der Waals surface area contributed by atoms with Crippen molar-refractivity contribution < 1.29 is 0 Å². The van der Waals surface area contributed by atoms with Gasteiger partial charge in [-0.2, -0.15) is 5.26 Å². The fourth-order valence-electron chi connectivity index (χ4n) is 4.04. The van der Waals surface area contributed by atoms with E-state index in [0.29, 0.717) is 6.04 Å². The lowest BCUT2D eigenvalue weighted by Crippen LogP contribution is -2.29. The van der Waals surface area contributed by atoms with Crippen molar-refractivity contribution in [3.8, 4) is 6.07 Å². The van der Waals surface area contributed by atoms with E-state index in [1.807, 2.05) is 0 Å². The van der Waals surface area contributed by atoms with Crippen LogP contribution in [0.2, 0.25) is 0 Å². The van der Waals surface area contributed by atoms with Crippen molar-refractivity contribution in [1.29, 1.82) is 5.26 Å². The maximum Gasteiger partial charge on any atom is 0.0587 e. The number of alkyl halides is 2. The van der Waals surface area contributed by atoms with Crippen molar-refractivity contribution in [3.05, 3.63) is 71.3 Å². The summed E-state index contributed by atoms with van der Waals surface area (Å²) in [5.74, 6) is 0.284. The summed E-state index contributed by atoms with van der Waals surface area (Å²) in [5, 5.41) is 7.65. The Morgan fingerprint density at radius 2 is 1.57 bits per heavy atom. The number of nitriles is 1. The van der Waals surface area contributed by atoms with E-state index in [0.717, 1.165) is 38.6 Å². The lowest BCUT2D eigenvalue weighted by Gasteiger charge is -2.32. The fourth-order valence-corrected chi connectivity index (χ4v) is 5.07. The molecule has 1 aliphatic rings. The van der Waals surface area contributed by atoms with Crippen molar-refractivity contribution in [3.63, 3.8) is 0 Å². The van der Waals surface area contributed by atoms with Gasteiger partial charge in [0.2, 0.25) is 0 Å². The first-order valence-corrected chi connectivity index (χ1v) is 11.8. The third-order valence-corrected chi connectivity index (χ3v) is 6.96. The minimum absolute atomic E-state index is 0.166. The molecule has 0 heterocycles. The van der Waals surface area contributed by atoms with E-state index in [9.17, 15) is 0 Å². The van der Waals surface area contributed by atoms with Gasteiger partial charge < -0.3 is 0 Å². The molecular weight excluding hydrogens is 411 g/mol. The Morgan fingerprint density at radius 1 is 1.00 bits per heavy atom. The molecule has 1 aliphatic carbocycles. The van der Waals surface area contributed by atoms with Crippen LogP contribution in [-0.2, 0) is 13.0 Å². The Kier molecular flexibility index (Phi) is 10.7. The van der Waals surface area contributed by atoms with Crippen molar-refractivity contribution in [2.45, 2.75) is 75.2 Å². The van der Waals surface area contributed by atoms with Crippen LogP contribution in [0.1, 0.15) is 62.1 Å². The van der Waals surface area contributed by atoms with Gasteiger partial charge in [-0.15, -0.1) is 23.2 Å². The highest BCUT2D eigenvalue weighted by Gasteiger charge is 2.31. The van der Waals surface area contributed by atoms with E-state index in [-0.39, 0.29) is 16.7 Å². The van der Waals surface area contributed by atoms with Crippen LogP contribution in [0.5, 0.6) is 0 Å². The molecule has 0 aromatic heterocycles. The van der Waals surface area contributed by atoms with E-state index >= 15 is 0 Å². The van der Waals surface area contributed by atoms with Gasteiger partial charge in [0.25, 0.3) is 0 Å². The summed E-state index contributed by atoms with van der Waals surface area (Å²) >= 11 is 13.1. The number of halogens is 2. The van der Waals surface area contributed by atoms with Gasteiger partial charge in [-0.3, -0.25) is 4.90 Å². The molecule has 1 fully saturated rings. The van der Waals surface area contributed by atoms with Crippen LogP contribution in [0.4, 0.5) is 0 Å². The van der Waals surface area contributed by atoms with E-state index in [1.165, 1.54) is 23.6 Å². The summed E-state index contributed by atoms with van der Waals surface area (Å²) < 4.78 is 0. The van der Waals surface area contributed by atoms with E-state index in [1.54, 1.807) is 6.07 Å². The summed E-state index contributed by atoms with van der Waals surface area (Å²) in [7, 11) is 2.21. The predicted molar refractivity (Wildman–Crippen MR) is 129 cm³/mol. The SMILES string of the molecule is CC#N.CC(CCc1ccc(C2C(Cl)CCCC2Cl)cc1)N(C)Cc1ccccc1. The van der Waals surface area contributed by atoms with Crippen LogP contribution < -0.4 is 0 Å². The Labute approximate surface area is 192 Å². The predicted octanol–water partition coefficient (Wildman–Crippen LogP) is 7.15. The van der Waals surface area contributed by atoms with E-state index in [4.69, 9.17) is 28.5 Å². The zero-order chi connectivity index (χ0) is 21.9. The smallest absolute Gasteiger partial charge is 0.0587 e. The van der Waals surface area contributed by atoms with Crippen molar-refractivity contribution in [2.24, 2.45) is 0 Å². The van der Waals surface area contributed by atoms with Crippen LogP contribution >= 0.6 is 23.2 Å². The highest BCUT2D eigenvalue weighted by molar-refractivity contribution is 6.24. The number of benzene rings is 2. The van der Waals surface area contributed by atoms with Crippen LogP contribution in [-0.4, -0.2) is 28.7 Å². The lowest BCUT2D eigenvalue weighted by molar-refractivity contribution is 0.238. The highest BCUT2D eigenvalue weighted by atomic mass is 35.5. The van der Waals surface area contributed by atoms with Gasteiger partial charge in [0.1, 0.15) is 0 Å². The third kappa shape index (κ3) is 7.62. The Morgan fingerprint density at radius 3 is 2.13 bits per heavy atom. The van der Waals surface area contributed by atoms with Crippen LogP contribution in [0.25, 0.3) is 0 Å². The molecule has 3 atom stereocenters. The van der Waals surface area contributed by atoms with Crippen molar-refractivity contribution in [2.75, 3.05) is 7.05 Å². The molecule has 2 aromatic rings. The molecule has 0 aliphatic heterocycles. The van der Waals surface area contributed by atoms with Gasteiger partial charge in [-0.1, -0.05) is 61.0 Å². The molecular formula is C26H34Cl2N2. The largest absolute Gasteiger partial charge is 0.299 e. The second kappa shape index (κ2) is 13.0. The van der Waals surface area contributed by atoms with Gasteiger partial charge in [-0.25, -0.2) is 0 Å². The molecule has 0 bridgehead atoms. The Balaban J connectivity index is 0.00000101. The van der Waals surface area contributed by atoms with Crippen LogP contribution in [0, 0.1) is 11.3 Å². The van der Waals surface area contributed by atoms with Gasteiger partial charge >= 0.3 is 0 Å². The second-order valence-electron chi connectivity index (χ2n) is 8.24. The van der Waals surface area contributed by atoms with Gasteiger partial charge in [0.05, 0.1) is 6.07 Å². The average molecular weight is 445 g/mol. The van der Waals surface area contributed by atoms with Gasteiger partial charge in [0, 0.05) is 36.2 Å². The van der Waals surface area contributed by atoms with E-state index < -0.39 is 0 Å². The van der Waals surface area contributed by atoms with Crippen molar-refractivity contribution in [1.82, 2.24) is 4.90 Å². The van der Waals surface area contributed by atoms with Crippen LogP contribution in [0.3, 0.4) is 0 Å². The number of nitrogens with zero attached hydrogens (tertiary/aromatic N) is 2. The Bertz CT molecular complexity index is 760. The molecule has 2 aromatic carbocycles. The lowest BCUT2D eigenvalue weighted by atomic mass is 9.83. The number of aryl methyl sites for hydroxylation is 1. The molecule has 0 spiro atoms. The highest BCUT2D eigenvalue weighted by Crippen LogP contribution is 2.39. The van der Waals surface area contributed by atoms with Gasteiger partial charge in [0.15, 0.2) is 0 Å². The standard InChI is InChI=1S/C24H31Cl2N.C2H3N/c1-18(27(2)17-20-7-4-3-5-8-20)11-12-19-13-15-21(16-14-19)24-22(25)9-6-10-23(24)26;1-2-3/h3-5,7-8,13-16,18,22-24H,6,9-12,17H2,1-2H3;1H3. The molecule has 0 radical (unpaired) electrons. The van der Waals surface area contributed by atoms with Gasteiger partial charge in [-0.05, 0) is 56.3 Å². The number of hydrogen-bond acceptors (Lipinski definition) is 2. The number of rotatable bonds is 7. The molecule has 0 N–H and O–H groups in total. The first-order chi connectivity index (χ1) is 14.5. The van der Waals surface area contributed by atoms with Crippen molar-refractivity contribution >= 4 is 23.2 Å². The first kappa shape index (κ1) is 24.7. The second-order valence-corrected chi connectivity index (χ2v) is 9.36. The molecule has 1 saturated carbocycles. The molecule has 3 rings (SSSR count). The zero-order valence-corrected chi connectivity index (χ0v) is 19.9. The maximum atomic E-state index is 7.32. The fraction of sp³-hybridized carbons (Fsp3) is 0.500. The zero-order valence-electron chi connectivity index (χ0n) is 18.4. The summed E-state index contributed by atoms with van der Waals surface area (Å²) in [6.45, 7) is 4.74. The topological polar surface area (TPSA) is 27.0 Å². The molecule has 2 nitrogen and oxygen atoms in total. The molecule has 0 amide bonds. The molecule has 3 unspecified atom stereocenters. The molecule has 162 valence electrons. The minimum atomic E-state index is 0.166. The third-order valence-electron chi connectivity index (χ3n) is 5.98. The monoisotopic (exact) mass is 444 g/mol. The summed E-state index contributed by atoms with van der Waals surface area (Å²) in [6, 6.07) is 22.0. The molecule has 30 heavy (non-hydrogen) atoms. The summed E-state index contributed by atoms with van der Waals surface area (Å²) in [6.07, 6.45) is 5.54. The van der Waals surface area contributed by atoms with Crippen LogP contribution in [0.15, 0.2) is 54.6 Å². The summed E-state index contributed by atoms with van der Waals surface area (Å²) in [5.41, 5.74) is 4.06.